The molecule has 0 bridgehead atoms. The average molecular weight is 379 g/mol. The van der Waals surface area contributed by atoms with Gasteiger partial charge in [-0.3, -0.25) is 0 Å². The normalized spacial score (nSPS) is 23.8. The van der Waals surface area contributed by atoms with Crippen LogP contribution in [-0.4, -0.2) is 46.0 Å². The van der Waals surface area contributed by atoms with Gasteiger partial charge in [-0.05, 0) is 56.3 Å². The average Bonchev–Trinajstić information content (AvgIpc) is 3.09. The van der Waals surface area contributed by atoms with Gasteiger partial charge in [0.1, 0.15) is 0 Å². The number of fused-ring (bicyclic) bond motifs is 1. The third kappa shape index (κ3) is 4.38. The third-order valence-electron chi connectivity index (χ3n) is 5.50. The lowest BCUT2D eigenvalue weighted by Gasteiger charge is -2.22. The highest BCUT2D eigenvalue weighted by molar-refractivity contribution is 7.89. The Kier molecular flexibility index (Phi) is 6.19. The van der Waals surface area contributed by atoms with Crippen molar-refractivity contribution in [1.29, 1.82) is 0 Å². The zero-order valence-electron chi connectivity index (χ0n) is 15.7. The molecule has 0 aromatic heterocycles. The summed E-state index contributed by atoms with van der Waals surface area (Å²) in [6.07, 6.45) is 5.39. The number of likely N-dealkylation sites (tertiary alicyclic amines) is 1. The Bertz CT molecular complexity index is 734. The van der Waals surface area contributed by atoms with Gasteiger partial charge in [0.2, 0.25) is 10.0 Å². The second-order valence-corrected chi connectivity index (χ2v) is 9.12. The molecule has 2 atom stereocenters. The van der Waals surface area contributed by atoms with Crippen LogP contribution in [0.25, 0.3) is 0 Å². The Morgan fingerprint density at radius 1 is 1.23 bits per heavy atom. The second kappa shape index (κ2) is 8.39. The minimum Gasteiger partial charge on any atom is -0.357 e. The number of nitrogens with one attached hydrogen (secondary N) is 2. The number of rotatable bonds is 5. The largest absolute Gasteiger partial charge is 0.357 e. The molecule has 1 aliphatic carbocycles. The lowest BCUT2D eigenvalue weighted by atomic mass is 9.82. The summed E-state index contributed by atoms with van der Waals surface area (Å²) >= 11 is 0. The molecule has 1 heterocycles. The molecule has 2 N–H and O–H groups in total. The van der Waals surface area contributed by atoms with Gasteiger partial charge in [0.15, 0.2) is 5.96 Å². The first-order valence-corrected chi connectivity index (χ1v) is 11.1. The molecule has 2 aliphatic rings. The van der Waals surface area contributed by atoms with Crippen LogP contribution in [0.15, 0.2) is 34.2 Å². The molecule has 1 aromatic rings. The Labute approximate surface area is 157 Å². The van der Waals surface area contributed by atoms with Crippen LogP contribution < -0.4 is 10.0 Å². The summed E-state index contributed by atoms with van der Waals surface area (Å²) in [6.45, 7) is 5.56. The topological polar surface area (TPSA) is 73.8 Å². The fourth-order valence-electron chi connectivity index (χ4n) is 4.10. The molecule has 1 saturated heterocycles. The zero-order chi connectivity index (χ0) is 18.6. The summed E-state index contributed by atoms with van der Waals surface area (Å²) < 4.78 is 26.3. The van der Waals surface area contributed by atoms with Crippen LogP contribution in [0.4, 0.5) is 0 Å². The van der Waals surface area contributed by atoms with Gasteiger partial charge in [-0.2, -0.15) is 0 Å². The Morgan fingerprint density at radius 2 is 1.92 bits per heavy atom. The van der Waals surface area contributed by atoms with Crippen LogP contribution in [0.1, 0.15) is 38.2 Å². The smallest absolute Gasteiger partial charge is 0.240 e. The number of hydrogen-bond acceptors (Lipinski definition) is 3. The van der Waals surface area contributed by atoms with Gasteiger partial charge < -0.3 is 10.2 Å². The minimum atomic E-state index is -3.42. The van der Waals surface area contributed by atoms with Crippen molar-refractivity contribution in [3.05, 3.63) is 29.8 Å². The molecule has 144 valence electrons. The van der Waals surface area contributed by atoms with Gasteiger partial charge in [-0.15, -0.1) is 0 Å². The van der Waals surface area contributed by atoms with Crippen LogP contribution >= 0.6 is 0 Å². The van der Waals surface area contributed by atoms with Crippen molar-refractivity contribution >= 4 is 16.0 Å². The van der Waals surface area contributed by atoms with E-state index in [-0.39, 0.29) is 4.90 Å². The van der Waals surface area contributed by atoms with Crippen molar-refractivity contribution in [2.24, 2.45) is 16.8 Å². The molecule has 0 amide bonds. The fraction of sp³-hybridized carbons (Fsp3) is 0.632. The van der Waals surface area contributed by atoms with Gasteiger partial charge in [-0.25, -0.2) is 18.1 Å². The van der Waals surface area contributed by atoms with E-state index < -0.39 is 10.0 Å². The van der Waals surface area contributed by atoms with Crippen molar-refractivity contribution in [2.75, 3.05) is 26.7 Å². The maximum absolute atomic E-state index is 12.0. The van der Waals surface area contributed by atoms with Gasteiger partial charge >= 0.3 is 0 Å². The molecule has 2 unspecified atom stereocenters. The van der Waals surface area contributed by atoms with Crippen LogP contribution in [0.5, 0.6) is 0 Å². The number of nitrogens with zero attached hydrogens (tertiary/aromatic N) is 2. The first-order chi connectivity index (χ1) is 12.5. The predicted octanol–water partition coefficient (Wildman–Crippen LogP) is 2.18. The number of guanidine groups is 1. The molecule has 26 heavy (non-hydrogen) atoms. The Hall–Kier alpha value is -1.60. The monoisotopic (exact) mass is 378 g/mol. The Balaban J connectivity index is 1.73. The summed E-state index contributed by atoms with van der Waals surface area (Å²) in [7, 11) is -2.00. The molecule has 1 aliphatic heterocycles. The van der Waals surface area contributed by atoms with Crippen LogP contribution in [0, 0.1) is 11.8 Å². The van der Waals surface area contributed by atoms with Gasteiger partial charge in [0.25, 0.3) is 0 Å². The standard InChI is InChI=1S/C19H30N4O2S/c1-3-21-19(23-13-16-8-4-5-9-17(16)14-23)22-12-15-7-6-10-18(11-15)26(24,25)20-2/h6-7,10-11,16-17,20H,3-5,8-9,12-14H2,1-2H3,(H,21,22). The molecular formula is C19H30N4O2S. The second-order valence-electron chi connectivity index (χ2n) is 7.23. The Morgan fingerprint density at radius 3 is 2.54 bits per heavy atom. The maximum Gasteiger partial charge on any atom is 0.240 e. The lowest BCUT2D eigenvalue weighted by Crippen LogP contribution is -2.40. The summed E-state index contributed by atoms with van der Waals surface area (Å²) in [5.74, 6) is 2.55. The first kappa shape index (κ1) is 19.2. The number of benzene rings is 1. The molecular weight excluding hydrogens is 348 g/mol. The highest BCUT2D eigenvalue weighted by atomic mass is 32.2. The molecule has 2 fully saturated rings. The van der Waals surface area contributed by atoms with E-state index in [4.69, 9.17) is 4.99 Å². The lowest BCUT2D eigenvalue weighted by molar-refractivity contribution is 0.299. The van der Waals surface area contributed by atoms with E-state index in [1.165, 1.54) is 32.7 Å². The number of aliphatic imine (C=N–C) groups is 1. The first-order valence-electron chi connectivity index (χ1n) is 9.59. The van der Waals surface area contributed by atoms with Crippen molar-refractivity contribution in [1.82, 2.24) is 14.9 Å². The maximum atomic E-state index is 12.0. The van der Waals surface area contributed by atoms with Crippen molar-refractivity contribution < 1.29 is 8.42 Å². The van der Waals surface area contributed by atoms with Crippen molar-refractivity contribution in [2.45, 2.75) is 44.0 Å². The molecule has 6 nitrogen and oxygen atoms in total. The number of hydrogen-bond donors (Lipinski definition) is 2. The zero-order valence-corrected chi connectivity index (χ0v) is 16.6. The SMILES string of the molecule is CCNC(=NCc1cccc(S(=O)(=O)NC)c1)N1CC2CCCCC2C1. The molecule has 7 heteroatoms. The van der Waals surface area contributed by atoms with E-state index in [1.807, 2.05) is 6.07 Å². The molecule has 1 saturated carbocycles. The van der Waals surface area contributed by atoms with Gasteiger partial charge in [-0.1, -0.05) is 25.0 Å². The number of sulfonamides is 1. The van der Waals surface area contributed by atoms with Gasteiger partial charge in [0.05, 0.1) is 11.4 Å². The van der Waals surface area contributed by atoms with Crippen LogP contribution in [0.2, 0.25) is 0 Å². The van der Waals surface area contributed by atoms with Crippen molar-refractivity contribution in [3.63, 3.8) is 0 Å². The van der Waals surface area contributed by atoms with Crippen LogP contribution in [-0.2, 0) is 16.6 Å². The van der Waals surface area contributed by atoms with Crippen LogP contribution in [0.3, 0.4) is 0 Å². The highest BCUT2D eigenvalue weighted by Crippen LogP contribution is 2.36. The predicted molar refractivity (Wildman–Crippen MR) is 105 cm³/mol. The van der Waals surface area contributed by atoms with E-state index in [9.17, 15) is 8.42 Å². The van der Waals surface area contributed by atoms with E-state index in [0.29, 0.717) is 6.54 Å². The summed E-state index contributed by atoms with van der Waals surface area (Å²) in [4.78, 5) is 7.46. The van der Waals surface area contributed by atoms with E-state index in [0.717, 1.165) is 43.0 Å². The summed E-state index contributed by atoms with van der Waals surface area (Å²) in [6, 6.07) is 7.00. The molecule has 0 spiro atoms. The highest BCUT2D eigenvalue weighted by Gasteiger charge is 2.35. The molecule has 0 radical (unpaired) electrons. The van der Waals surface area contributed by atoms with E-state index in [1.54, 1.807) is 18.2 Å². The van der Waals surface area contributed by atoms with Gasteiger partial charge in [0, 0.05) is 19.6 Å². The summed E-state index contributed by atoms with van der Waals surface area (Å²) in [5.41, 5.74) is 0.897. The summed E-state index contributed by atoms with van der Waals surface area (Å²) in [5, 5.41) is 3.41. The third-order valence-corrected chi connectivity index (χ3v) is 6.91. The van der Waals surface area contributed by atoms with E-state index >= 15 is 0 Å². The minimum absolute atomic E-state index is 0.282. The molecule has 3 rings (SSSR count). The fourth-order valence-corrected chi connectivity index (χ4v) is 4.90. The quantitative estimate of drug-likeness (QED) is 0.608. The molecule has 1 aromatic carbocycles. The van der Waals surface area contributed by atoms with E-state index in [2.05, 4.69) is 21.9 Å². The van der Waals surface area contributed by atoms with Crippen molar-refractivity contribution in [3.8, 4) is 0 Å².